The number of piperazine rings is 1. The van der Waals surface area contributed by atoms with E-state index in [2.05, 4.69) is 70.4 Å². The summed E-state index contributed by atoms with van der Waals surface area (Å²) >= 11 is 0. The van der Waals surface area contributed by atoms with E-state index >= 15 is 0 Å². The predicted molar refractivity (Wildman–Crippen MR) is 113 cm³/mol. The normalized spacial score (nSPS) is 14.4. The molecule has 0 spiro atoms. The number of nitrogens with zero attached hydrogens (tertiary/aromatic N) is 5. The number of aromatic nitrogens is 2. The van der Waals surface area contributed by atoms with Gasteiger partial charge in [-0.2, -0.15) is 0 Å². The smallest absolute Gasteiger partial charge is 0.272 e. The molecular weight excluding hydrogens is 352 g/mol. The molecule has 1 amide bonds. The van der Waals surface area contributed by atoms with Gasteiger partial charge in [0.05, 0.1) is 0 Å². The number of aryl methyl sites for hydroxylation is 1. The summed E-state index contributed by atoms with van der Waals surface area (Å²) in [5, 5.41) is 3.20. The highest BCUT2D eigenvalue weighted by Crippen LogP contribution is 2.18. The number of anilines is 2. The van der Waals surface area contributed by atoms with Crippen LogP contribution in [0.1, 0.15) is 22.5 Å². The molecule has 1 N–H and O–H groups in total. The highest BCUT2D eigenvalue weighted by Gasteiger charge is 2.23. The summed E-state index contributed by atoms with van der Waals surface area (Å²) < 4.78 is 0. The quantitative estimate of drug-likeness (QED) is 0.740. The second kappa shape index (κ2) is 9.50. The van der Waals surface area contributed by atoms with E-state index < -0.39 is 0 Å². The molecule has 2 heterocycles. The molecule has 0 radical (unpaired) electrons. The van der Waals surface area contributed by atoms with E-state index in [-0.39, 0.29) is 5.91 Å². The fourth-order valence-corrected chi connectivity index (χ4v) is 3.31. The fourth-order valence-electron chi connectivity index (χ4n) is 3.31. The monoisotopic (exact) mass is 382 g/mol. The van der Waals surface area contributed by atoms with Crippen LogP contribution < -0.4 is 10.2 Å². The van der Waals surface area contributed by atoms with Crippen LogP contribution in [0.25, 0.3) is 0 Å². The van der Waals surface area contributed by atoms with Gasteiger partial charge in [0.25, 0.3) is 5.91 Å². The lowest BCUT2D eigenvalue weighted by molar-refractivity contribution is 0.0741. The van der Waals surface area contributed by atoms with Crippen molar-refractivity contribution in [1.29, 1.82) is 0 Å². The lowest BCUT2D eigenvalue weighted by Crippen LogP contribution is -2.49. The average molecular weight is 383 g/mol. The molecule has 7 heteroatoms. The van der Waals surface area contributed by atoms with Crippen LogP contribution in [0, 0.1) is 6.92 Å². The molecule has 3 rings (SSSR count). The minimum atomic E-state index is -0.0253. The Morgan fingerprint density at radius 2 is 1.96 bits per heavy atom. The van der Waals surface area contributed by atoms with Crippen LogP contribution in [-0.2, 0) is 0 Å². The molecule has 1 aliphatic heterocycles. The van der Waals surface area contributed by atoms with Gasteiger partial charge in [0.2, 0.25) is 5.95 Å². The maximum atomic E-state index is 12.9. The van der Waals surface area contributed by atoms with Crippen molar-refractivity contribution in [2.45, 2.75) is 13.3 Å². The molecule has 0 unspecified atom stereocenters. The van der Waals surface area contributed by atoms with Crippen molar-refractivity contribution in [3.8, 4) is 0 Å². The Morgan fingerprint density at radius 1 is 1.18 bits per heavy atom. The highest BCUT2D eigenvalue weighted by molar-refractivity contribution is 5.92. The number of hydrogen-bond acceptors (Lipinski definition) is 6. The van der Waals surface area contributed by atoms with Gasteiger partial charge >= 0.3 is 0 Å². The first-order valence-electron chi connectivity index (χ1n) is 9.85. The number of benzene rings is 1. The first-order chi connectivity index (χ1) is 13.5. The third-order valence-electron chi connectivity index (χ3n) is 4.87. The Morgan fingerprint density at radius 3 is 2.68 bits per heavy atom. The van der Waals surface area contributed by atoms with E-state index in [1.807, 2.05) is 4.90 Å². The van der Waals surface area contributed by atoms with Gasteiger partial charge < -0.3 is 20.0 Å². The molecule has 0 bridgehead atoms. The molecule has 1 saturated heterocycles. The lowest BCUT2D eigenvalue weighted by atomic mass is 10.2. The van der Waals surface area contributed by atoms with E-state index in [0.717, 1.165) is 32.6 Å². The third-order valence-corrected chi connectivity index (χ3v) is 4.87. The molecule has 28 heavy (non-hydrogen) atoms. The van der Waals surface area contributed by atoms with Crippen LogP contribution in [0.5, 0.6) is 0 Å². The molecule has 0 saturated carbocycles. The maximum absolute atomic E-state index is 12.9. The van der Waals surface area contributed by atoms with Gasteiger partial charge in [-0.3, -0.25) is 4.79 Å². The van der Waals surface area contributed by atoms with Crippen LogP contribution >= 0.6 is 0 Å². The topological polar surface area (TPSA) is 64.6 Å². The van der Waals surface area contributed by atoms with Gasteiger partial charge in [-0.15, -0.1) is 0 Å². The number of rotatable bonds is 7. The van der Waals surface area contributed by atoms with E-state index in [0.29, 0.717) is 24.7 Å². The standard InChI is InChI=1S/C21H30N6O/c1-17-6-4-7-18(16-17)26-12-14-27(15-13-26)20(28)19-8-10-23-21(24-19)22-9-5-11-25(2)3/h4,6-8,10,16H,5,9,11-15H2,1-3H3,(H,22,23,24). The molecule has 1 fully saturated rings. The summed E-state index contributed by atoms with van der Waals surface area (Å²) in [6.07, 6.45) is 2.65. The molecule has 0 aliphatic carbocycles. The fraction of sp³-hybridized carbons (Fsp3) is 0.476. The van der Waals surface area contributed by atoms with Crippen molar-refractivity contribution in [3.05, 3.63) is 47.8 Å². The molecule has 1 aliphatic rings. The highest BCUT2D eigenvalue weighted by atomic mass is 16.2. The lowest BCUT2D eigenvalue weighted by Gasteiger charge is -2.36. The van der Waals surface area contributed by atoms with Crippen molar-refractivity contribution in [1.82, 2.24) is 19.8 Å². The zero-order valence-corrected chi connectivity index (χ0v) is 17.1. The van der Waals surface area contributed by atoms with Crippen LogP contribution in [0.15, 0.2) is 36.5 Å². The van der Waals surface area contributed by atoms with Gasteiger partial charge in [-0.1, -0.05) is 12.1 Å². The number of carbonyl (C=O) groups is 1. The summed E-state index contributed by atoms with van der Waals surface area (Å²) in [5.74, 6) is 0.491. The second-order valence-corrected chi connectivity index (χ2v) is 7.47. The van der Waals surface area contributed by atoms with E-state index in [1.54, 1.807) is 12.3 Å². The number of nitrogens with one attached hydrogen (secondary N) is 1. The average Bonchev–Trinajstić information content (AvgIpc) is 2.71. The SMILES string of the molecule is Cc1cccc(N2CCN(C(=O)c3ccnc(NCCCN(C)C)n3)CC2)c1. The Bertz CT molecular complexity index is 786. The summed E-state index contributed by atoms with van der Waals surface area (Å²) in [5.41, 5.74) is 2.93. The summed E-state index contributed by atoms with van der Waals surface area (Å²) in [6, 6.07) is 10.2. The van der Waals surface area contributed by atoms with Gasteiger partial charge in [0.1, 0.15) is 5.69 Å². The Labute approximate surface area is 167 Å². The largest absolute Gasteiger partial charge is 0.368 e. The molecule has 2 aromatic rings. The Balaban J connectivity index is 1.54. The van der Waals surface area contributed by atoms with Crippen molar-refractivity contribution in [3.63, 3.8) is 0 Å². The predicted octanol–water partition coefficient (Wildman–Crippen LogP) is 2.11. The summed E-state index contributed by atoms with van der Waals surface area (Å²) in [7, 11) is 4.10. The molecule has 1 aromatic carbocycles. The first-order valence-corrected chi connectivity index (χ1v) is 9.85. The van der Waals surface area contributed by atoms with Crippen molar-refractivity contribution in [2.24, 2.45) is 0 Å². The number of hydrogen-bond donors (Lipinski definition) is 1. The van der Waals surface area contributed by atoms with E-state index in [1.165, 1.54) is 11.3 Å². The van der Waals surface area contributed by atoms with Crippen molar-refractivity contribution >= 4 is 17.5 Å². The third kappa shape index (κ3) is 5.42. The molecule has 150 valence electrons. The van der Waals surface area contributed by atoms with Crippen LogP contribution in [-0.4, -0.2) is 79.0 Å². The molecule has 0 atom stereocenters. The second-order valence-electron chi connectivity index (χ2n) is 7.47. The summed E-state index contributed by atoms with van der Waals surface area (Å²) in [6.45, 7) is 6.93. The zero-order chi connectivity index (χ0) is 19.9. The zero-order valence-electron chi connectivity index (χ0n) is 17.1. The van der Waals surface area contributed by atoms with E-state index in [9.17, 15) is 4.79 Å². The van der Waals surface area contributed by atoms with Crippen LogP contribution in [0.2, 0.25) is 0 Å². The Hall–Kier alpha value is -2.67. The number of amides is 1. The minimum absolute atomic E-state index is 0.0253. The van der Waals surface area contributed by atoms with Crippen LogP contribution in [0.3, 0.4) is 0 Å². The first kappa shape index (κ1) is 20.1. The van der Waals surface area contributed by atoms with Gasteiger partial charge in [0.15, 0.2) is 0 Å². The van der Waals surface area contributed by atoms with Crippen molar-refractivity contribution < 1.29 is 4.79 Å². The number of carbonyl (C=O) groups excluding carboxylic acids is 1. The van der Waals surface area contributed by atoms with Crippen molar-refractivity contribution in [2.75, 3.05) is 63.6 Å². The van der Waals surface area contributed by atoms with Gasteiger partial charge in [0, 0.05) is 44.6 Å². The minimum Gasteiger partial charge on any atom is -0.368 e. The maximum Gasteiger partial charge on any atom is 0.272 e. The van der Waals surface area contributed by atoms with E-state index in [4.69, 9.17) is 0 Å². The van der Waals surface area contributed by atoms with Gasteiger partial charge in [-0.25, -0.2) is 9.97 Å². The Kier molecular flexibility index (Phi) is 6.81. The van der Waals surface area contributed by atoms with Gasteiger partial charge in [-0.05, 0) is 57.7 Å². The molecule has 7 nitrogen and oxygen atoms in total. The molecular formula is C21H30N6O. The van der Waals surface area contributed by atoms with Crippen LogP contribution in [0.4, 0.5) is 11.6 Å². The summed E-state index contributed by atoms with van der Waals surface area (Å²) in [4.78, 5) is 27.8. The molecule has 1 aromatic heterocycles.